The summed E-state index contributed by atoms with van der Waals surface area (Å²) in [5, 5.41) is 39.4. The lowest BCUT2D eigenvalue weighted by Crippen LogP contribution is -2.02. The second kappa shape index (κ2) is 8.99. The van der Waals surface area contributed by atoms with Gasteiger partial charge in [-0.2, -0.15) is 10.5 Å². The van der Waals surface area contributed by atoms with Gasteiger partial charge in [-0.25, -0.2) is 0 Å². The Balaban J connectivity index is 1.93. The zero-order valence-electron chi connectivity index (χ0n) is 15.3. The molecule has 0 aliphatic rings. The number of nitriles is 2. The lowest BCUT2D eigenvalue weighted by atomic mass is 9.97. The Morgan fingerprint density at radius 3 is 2.31 bits per heavy atom. The number of thioether (sulfide) groups is 1. The van der Waals surface area contributed by atoms with E-state index in [1.807, 2.05) is 6.07 Å². The molecule has 3 rings (SSSR count). The molecule has 5 nitrogen and oxygen atoms in total. The van der Waals surface area contributed by atoms with Crippen molar-refractivity contribution in [3.63, 3.8) is 0 Å². The van der Waals surface area contributed by atoms with Gasteiger partial charge in [-0.3, -0.25) is 0 Å². The molecule has 0 aliphatic heterocycles. The fraction of sp³-hybridized carbons (Fsp3) is 0.0435. The minimum Gasteiger partial charge on any atom is -0.507 e. The van der Waals surface area contributed by atoms with Crippen LogP contribution in [-0.2, 0) is 0 Å². The maximum Gasteiger partial charge on any atom is 0.129 e. The van der Waals surface area contributed by atoms with E-state index in [0.717, 1.165) is 11.8 Å². The third kappa shape index (κ3) is 4.59. The molecule has 0 aromatic heterocycles. The summed E-state index contributed by atoms with van der Waals surface area (Å²) in [6.07, 6.45) is -0.908. The highest BCUT2D eigenvalue weighted by molar-refractivity contribution is 8.03. The summed E-state index contributed by atoms with van der Waals surface area (Å²) in [6.45, 7) is 0. The molecule has 0 spiro atoms. The van der Waals surface area contributed by atoms with Crippen LogP contribution < -0.4 is 5.73 Å². The Kier molecular flexibility index (Phi) is 6.21. The van der Waals surface area contributed by atoms with E-state index in [1.54, 1.807) is 72.8 Å². The normalized spacial score (nSPS) is 12.4. The maximum absolute atomic E-state index is 10.7. The highest BCUT2D eigenvalue weighted by Crippen LogP contribution is 2.35. The molecule has 29 heavy (non-hydrogen) atoms. The summed E-state index contributed by atoms with van der Waals surface area (Å²) in [4.78, 5) is 0.548. The van der Waals surface area contributed by atoms with E-state index in [4.69, 9.17) is 11.0 Å². The fourth-order valence-electron chi connectivity index (χ4n) is 2.77. The Morgan fingerprint density at radius 2 is 1.66 bits per heavy atom. The van der Waals surface area contributed by atoms with Crippen molar-refractivity contribution in [2.75, 3.05) is 0 Å². The number of rotatable bonds is 5. The number of aromatic hydroxyl groups is 1. The van der Waals surface area contributed by atoms with E-state index in [2.05, 4.69) is 6.07 Å². The first-order valence-electron chi connectivity index (χ1n) is 8.67. The third-order valence-electron chi connectivity index (χ3n) is 4.29. The molecule has 0 saturated carbocycles. The third-order valence-corrected chi connectivity index (χ3v) is 5.28. The molecular formula is C23H17N3O2S. The number of para-hydroxylation sites is 1. The SMILES string of the molecule is N#C/C(=C(\N)Sc1ccccc1O)c1cccc(C(O)c2ccc(C#N)cc2)c1. The maximum atomic E-state index is 10.7. The zero-order chi connectivity index (χ0) is 20.8. The highest BCUT2D eigenvalue weighted by atomic mass is 32.2. The van der Waals surface area contributed by atoms with Crippen molar-refractivity contribution in [2.24, 2.45) is 5.73 Å². The molecule has 0 fully saturated rings. The Bertz CT molecular complexity index is 1140. The lowest BCUT2D eigenvalue weighted by molar-refractivity contribution is 0.220. The van der Waals surface area contributed by atoms with Crippen LogP contribution >= 0.6 is 11.8 Å². The van der Waals surface area contributed by atoms with Crippen LogP contribution in [0.1, 0.15) is 28.4 Å². The van der Waals surface area contributed by atoms with E-state index in [9.17, 15) is 15.5 Å². The Morgan fingerprint density at radius 1 is 0.931 bits per heavy atom. The molecule has 0 heterocycles. The first-order valence-corrected chi connectivity index (χ1v) is 9.49. The number of aliphatic hydroxyl groups excluding tert-OH is 1. The molecule has 1 atom stereocenters. The van der Waals surface area contributed by atoms with Gasteiger partial charge in [0.2, 0.25) is 0 Å². The van der Waals surface area contributed by atoms with Gasteiger partial charge in [-0.05, 0) is 47.0 Å². The average Bonchev–Trinajstić information content (AvgIpc) is 2.75. The number of nitrogens with zero attached hydrogens (tertiary/aromatic N) is 2. The summed E-state index contributed by atoms with van der Waals surface area (Å²) in [7, 11) is 0. The summed E-state index contributed by atoms with van der Waals surface area (Å²) < 4.78 is 0. The van der Waals surface area contributed by atoms with E-state index >= 15 is 0 Å². The summed E-state index contributed by atoms with van der Waals surface area (Å²) in [5.41, 5.74) is 8.72. The number of phenolic OH excluding ortho intramolecular Hbond substituents is 1. The van der Waals surface area contributed by atoms with Gasteiger partial charge >= 0.3 is 0 Å². The number of hydrogen-bond acceptors (Lipinski definition) is 6. The van der Waals surface area contributed by atoms with Crippen LogP contribution in [0.3, 0.4) is 0 Å². The van der Waals surface area contributed by atoms with Gasteiger partial charge < -0.3 is 15.9 Å². The molecule has 1 unspecified atom stereocenters. The minimum absolute atomic E-state index is 0.0859. The Hall–Kier alpha value is -3.71. The topological polar surface area (TPSA) is 114 Å². The van der Waals surface area contributed by atoms with Gasteiger partial charge in [0.1, 0.15) is 17.9 Å². The molecule has 0 bridgehead atoms. The van der Waals surface area contributed by atoms with Crippen LogP contribution in [0.25, 0.3) is 5.57 Å². The van der Waals surface area contributed by atoms with Crippen LogP contribution in [0.5, 0.6) is 5.75 Å². The molecule has 0 saturated heterocycles. The van der Waals surface area contributed by atoms with E-state index in [-0.39, 0.29) is 16.4 Å². The molecule has 0 radical (unpaired) electrons. The standard InChI is InChI=1S/C23H17N3O2S/c24-13-15-8-10-16(11-9-15)22(28)18-5-3-4-17(12-18)19(14-25)23(26)29-21-7-2-1-6-20(21)27/h1-12,22,27-28H,26H2/b23-19-. The van der Waals surface area contributed by atoms with Crippen molar-refractivity contribution in [3.8, 4) is 17.9 Å². The van der Waals surface area contributed by atoms with Gasteiger partial charge in [-0.15, -0.1) is 0 Å². The van der Waals surface area contributed by atoms with Crippen molar-refractivity contribution >= 4 is 17.3 Å². The fourth-order valence-corrected chi connectivity index (χ4v) is 3.59. The van der Waals surface area contributed by atoms with E-state index in [0.29, 0.717) is 27.1 Å². The van der Waals surface area contributed by atoms with Crippen molar-refractivity contribution < 1.29 is 10.2 Å². The van der Waals surface area contributed by atoms with Crippen LogP contribution in [0.4, 0.5) is 0 Å². The minimum atomic E-state index is -0.908. The van der Waals surface area contributed by atoms with Crippen LogP contribution in [0.15, 0.2) is 82.7 Å². The molecule has 3 aromatic rings. The largest absolute Gasteiger partial charge is 0.507 e. The van der Waals surface area contributed by atoms with Gasteiger partial charge in [0.15, 0.2) is 0 Å². The number of benzene rings is 3. The van der Waals surface area contributed by atoms with Crippen LogP contribution in [0.2, 0.25) is 0 Å². The van der Waals surface area contributed by atoms with Crippen molar-refractivity contribution in [3.05, 3.63) is 100 Å². The van der Waals surface area contributed by atoms with Gasteiger partial charge in [-0.1, -0.05) is 54.2 Å². The average molecular weight is 399 g/mol. The summed E-state index contributed by atoms with van der Waals surface area (Å²) in [5.74, 6) is 0.0859. The number of hydrogen-bond donors (Lipinski definition) is 3. The predicted octanol–water partition coefficient (Wildman–Crippen LogP) is 4.29. The molecule has 6 heteroatoms. The highest BCUT2D eigenvalue weighted by Gasteiger charge is 2.15. The lowest BCUT2D eigenvalue weighted by Gasteiger charge is -2.13. The van der Waals surface area contributed by atoms with Crippen molar-refractivity contribution in [2.45, 2.75) is 11.0 Å². The smallest absolute Gasteiger partial charge is 0.129 e. The van der Waals surface area contributed by atoms with Crippen molar-refractivity contribution in [1.29, 1.82) is 10.5 Å². The number of nitrogens with two attached hydrogens (primary N) is 1. The number of allylic oxidation sites excluding steroid dienone is 1. The predicted molar refractivity (Wildman–Crippen MR) is 112 cm³/mol. The quantitative estimate of drug-likeness (QED) is 0.436. The first-order chi connectivity index (χ1) is 14.0. The van der Waals surface area contributed by atoms with Crippen LogP contribution in [-0.4, -0.2) is 10.2 Å². The van der Waals surface area contributed by atoms with Gasteiger partial charge in [0.05, 0.1) is 27.1 Å². The second-order valence-corrected chi connectivity index (χ2v) is 7.27. The molecule has 0 aliphatic carbocycles. The van der Waals surface area contributed by atoms with E-state index < -0.39 is 6.10 Å². The van der Waals surface area contributed by atoms with Crippen LogP contribution in [0, 0.1) is 22.7 Å². The first kappa shape index (κ1) is 20.0. The molecule has 0 amide bonds. The summed E-state index contributed by atoms with van der Waals surface area (Å²) in [6, 6.07) is 24.5. The zero-order valence-corrected chi connectivity index (χ0v) is 16.1. The molecule has 4 N–H and O–H groups in total. The van der Waals surface area contributed by atoms with Crippen molar-refractivity contribution in [1.82, 2.24) is 0 Å². The molecular weight excluding hydrogens is 382 g/mol. The Labute approximate surface area is 173 Å². The molecule has 142 valence electrons. The van der Waals surface area contributed by atoms with E-state index in [1.165, 1.54) is 0 Å². The summed E-state index contributed by atoms with van der Waals surface area (Å²) >= 11 is 1.10. The molecule has 3 aromatic carbocycles. The second-order valence-electron chi connectivity index (χ2n) is 6.18. The monoisotopic (exact) mass is 399 g/mol. The van der Waals surface area contributed by atoms with Gasteiger partial charge in [0.25, 0.3) is 0 Å². The van der Waals surface area contributed by atoms with Gasteiger partial charge in [0, 0.05) is 0 Å². The number of phenols is 1. The number of aliphatic hydroxyl groups is 1.